The number of nitrogens with zero attached hydrogens (tertiary/aromatic N) is 3. The highest BCUT2D eigenvalue weighted by molar-refractivity contribution is 5.65. The van der Waals surface area contributed by atoms with Crippen molar-refractivity contribution in [2.45, 2.75) is 6.04 Å². The summed E-state index contributed by atoms with van der Waals surface area (Å²) in [6, 6.07) is 12.9. The highest BCUT2D eigenvalue weighted by atomic mass is 16.5. The van der Waals surface area contributed by atoms with Crippen molar-refractivity contribution in [3.63, 3.8) is 0 Å². The molecule has 0 spiro atoms. The van der Waals surface area contributed by atoms with Gasteiger partial charge in [-0.25, -0.2) is 4.68 Å². The van der Waals surface area contributed by atoms with Crippen molar-refractivity contribution in [3.05, 3.63) is 66.7 Å². The Balaban J connectivity index is 1.59. The molecule has 116 valence electrons. The van der Waals surface area contributed by atoms with E-state index in [1.807, 2.05) is 29.3 Å². The van der Waals surface area contributed by atoms with E-state index in [2.05, 4.69) is 45.7 Å². The first-order valence-corrected chi connectivity index (χ1v) is 7.77. The summed E-state index contributed by atoms with van der Waals surface area (Å²) >= 11 is 0. The molecular weight excluding hydrogens is 288 g/mol. The van der Waals surface area contributed by atoms with Crippen molar-refractivity contribution < 1.29 is 4.74 Å². The Kier molecular flexibility index (Phi) is 3.88. The van der Waals surface area contributed by atoms with Crippen LogP contribution in [0.15, 0.2) is 61.2 Å². The van der Waals surface area contributed by atoms with Crippen LogP contribution in [0.1, 0.15) is 11.6 Å². The van der Waals surface area contributed by atoms with E-state index in [0.29, 0.717) is 0 Å². The number of pyridine rings is 1. The molecule has 23 heavy (non-hydrogen) atoms. The van der Waals surface area contributed by atoms with E-state index in [1.54, 1.807) is 6.20 Å². The number of aromatic nitrogens is 3. The number of nitrogens with one attached hydrogen (secondary N) is 1. The Hall–Kier alpha value is -2.50. The maximum atomic E-state index is 5.53. The Bertz CT molecular complexity index is 762. The predicted octanol–water partition coefficient (Wildman–Crippen LogP) is 2.60. The van der Waals surface area contributed by atoms with Crippen molar-refractivity contribution in [1.82, 2.24) is 20.1 Å². The van der Waals surface area contributed by atoms with Crippen LogP contribution >= 0.6 is 0 Å². The molecule has 2 aromatic heterocycles. The minimum atomic E-state index is 0.284. The Morgan fingerprint density at radius 2 is 2.04 bits per heavy atom. The van der Waals surface area contributed by atoms with E-state index in [1.165, 1.54) is 5.56 Å². The maximum absolute atomic E-state index is 5.53. The van der Waals surface area contributed by atoms with Crippen LogP contribution < -0.4 is 5.32 Å². The predicted molar refractivity (Wildman–Crippen MR) is 88.4 cm³/mol. The van der Waals surface area contributed by atoms with E-state index < -0.39 is 0 Å². The van der Waals surface area contributed by atoms with Crippen LogP contribution in [-0.4, -0.2) is 34.5 Å². The van der Waals surface area contributed by atoms with Gasteiger partial charge in [0.25, 0.3) is 0 Å². The van der Waals surface area contributed by atoms with Crippen molar-refractivity contribution in [3.8, 4) is 16.8 Å². The van der Waals surface area contributed by atoms with Crippen LogP contribution in [-0.2, 0) is 4.74 Å². The van der Waals surface area contributed by atoms with Crippen LogP contribution in [0.4, 0.5) is 0 Å². The highest BCUT2D eigenvalue weighted by Gasteiger charge is 2.14. The van der Waals surface area contributed by atoms with Gasteiger partial charge in [0.15, 0.2) is 0 Å². The van der Waals surface area contributed by atoms with Crippen LogP contribution in [0, 0.1) is 0 Å². The first kappa shape index (κ1) is 14.1. The fourth-order valence-electron chi connectivity index (χ4n) is 2.82. The highest BCUT2D eigenvalue weighted by Crippen LogP contribution is 2.24. The molecule has 3 heterocycles. The molecule has 0 bridgehead atoms. The molecule has 1 N–H and O–H groups in total. The van der Waals surface area contributed by atoms with E-state index in [4.69, 9.17) is 4.74 Å². The lowest BCUT2D eigenvalue weighted by Gasteiger charge is -2.24. The number of hydrogen-bond donors (Lipinski definition) is 1. The molecule has 0 saturated carbocycles. The summed E-state index contributed by atoms with van der Waals surface area (Å²) in [7, 11) is 0. The average Bonchev–Trinajstić information content (AvgIpc) is 3.18. The topological polar surface area (TPSA) is 52.0 Å². The van der Waals surface area contributed by atoms with Gasteiger partial charge in [0, 0.05) is 30.7 Å². The van der Waals surface area contributed by atoms with E-state index in [9.17, 15) is 0 Å². The Morgan fingerprint density at radius 3 is 2.78 bits per heavy atom. The normalized spacial score (nSPS) is 18.0. The fourth-order valence-corrected chi connectivity index (χ4v) is 2.82. The SMILES string of the molecule is c1cnn(-c2cncc(-c3ccc(C4COCCN4)cc3)c2)c1. The Labute approximate surface area is 134 Å². The van der Waals surface area contributed by atoms with Gasteiger partial charge in [-0.15, -0.1) is 0 Å². The molecule has 1 atom stereocenters. The molecule has 1 aliphatic rings. The first-order valence-electron chi connectivity index (χ1n) is 7.77. The quantitative estimate of drug-likeness (QED) is 0.808. The molecule has 5 heteroatoms. The average molecular weight is 306 g/mol. The summed E-state index contributed by atoms with van der Waals surface area (Å²) in [5, 5.41) is 7.72. The summed E-state index contributed by atoms with van der Waals surface area (Å²) in [6.07, 6.45) is 7.37. The molecule has 3 aromatic rings. The molecule has 1 fully saturated rings. The van der Waals surface area contributed by atoms with E-state index in [-0.39, 0.29) is 6.04 Å². The second kappa shape index (κ2) is 6.32. The molecular formula is C18H18N4O. The van der Waals surface area contributed by atoms with Gasteiger partial charge in [-0.3, -0.25) is 4.98 Å². The largest absolute Gasteiger partial charge is 0.378 e. The summed E-state index contributed by atoms with van der Waals surface area (Å²) in [5.74, 6) is 0. The van der Waals surface area contributed by atoms with Gasteiger partial charge in [0.05, 0.1) is 31.1 Å². The number of rotatable bonds is 3. The third kappa shape index (κ3) is 3.02. The van der Waals surface area contributed by atoms with Gasteiger partial charge in [0.1, 0.15) is 0 Å². The maximum Gasteiger partial charge on any atom is 0.0834 e. The molecule has 0 aliphatic carbocycles. The molecule has 4 rings (SSSR count). The zero-order valence-corrected chi connectivity index (χ0v) is 12.7. The van der Waals surface area contributed by atoms with Crippen LogP contribution in [0.3, 0.4) is 0 Å². The smallest absolute Gasteiger partial charge is 0.0834 e. The first-order chi connectivity index (χ1) is 11.4. The molecule has 0 radical (unpaired) electrons. The van der Waals surface area contributed by atoms with Gasteiger partial charge in [-0.2, -0.15) is 5.10 Å². The zero-order chi connectivity index (χ0) is 15.5. The van der Waals surface area contributed by atoms with Crippen molar-refractivity contribution in [2.75, 3.05) is 19.8 Å². The number of hydrogen-bond acceptors (Lipinski definition) is 4. The van der Waals surface area contributed by atoms with Crippen LogP contribution in [0.5, 0.6) is 0 Å². The minimum Gasteiger partial charge on any atom is -0.378 e. The van der Waals surface area contributed by atoms with Crippen molar-refractivity contribution >= 4 is 0 Å². The monoisotopic (exact) mass is 306 g/mol. The summed E-state index contributed by atoms with van der Waals surface area (Å²) < 4.78 is 7.34. The molecule has 0 amide bonds. The molecule has 1 aliphatic heterocycles. The molecule has 1 aromatic carbocycles. The van der Waals surface area contributed by atoms with Gasteiger partial charge in [-0.1, -0.05) is 24.3 Å². The van der Waals surface area contributed by atoms with Crippen LogP contribution in [0.2, 0.25) is 0 Å². The number of morpholine rings is 1. The standard InChI is InChI=1S/C18H18N4O/c1-6-21-22(8-1)17-10-16(11-19-12-17)14-2-4-15(5-3-14)18-13-23-9-7-20-18/h1-6,8,10-12,18,20H,7,9,13H2. The molecule has 1 unspecified atom stereocenters. The third-order valence-corrected chi connectivity index (χ3v) is 4.06. The number of benzene rings is 1. The zero-order valence-electron chi connectivity index (χ0n) is 12.7. The second-order valence-corrected chi connectivity index (χ2v) is 5.59. The third-order valence-electron chi connectivity index (χ3n) is 4.06. The van der Waals surface area contributed by atoms with Gasteiger partial charge >= 0.3 is 0 Å². The van der Waals surface area contributed by atoms with Gasteiger partial charge in [0.2, 0.25) is 0 Å². The van der Waals surface area contributed by atoms with Crippen molar-refractivity contribution in [1.29, 1.82) is 0 Å². The fraction of sp³-hybridized carbons (Fsp3) is 0.222. The molecule has 5 nitrogen and oxygen atoms in total. The lowest BCUT2D eigenvalue weighted by molar-refractivity contribution is 0.0769. The summed E-state index contributed by atoms with van der Waals surface area (Å²) in [5.41, 5.74) is 4.44. The second-order valence-electron chi connectivity index (χ2n) is 5.59. The minimum absolute atomic E-state index is 0.284. The number of ether oxygens (including phenoxy) is 1. The van der Waals surface area contributed by atoms with E-state index in [0.717, 1.165) is 36.6 Å². The lowest BCUT2D eigenvalue weighted by atomic mass is 10.0. The van der Waals surface area contributed by atoms with Gasteiger partial charge < -0.3 is 10.1 Å². The summed E-state index contributed by atoms with van der Waals surface area (Å²) in [4.78, 5) is 4.34. The Morgan fingerprint density at radius 1 is 1.13 bits per heavy atom. The van der Waals surface area contributed by atoms with Crippen LogP contribution in [0.25, 0.3) is 16.8 Å². The van der Waals surface area contributed by atoms with E-state index >= 15 is 0 Å². The summed E-state index contributed by atoms with van der Waals surface area (Å²) in [6.45, 7) is 2.43. The lowest BCUT2D eigenvalue weighted by Crippen LogP contribution is -2.34. The molecule has 1 saturated heterocycles. The van der Waals surface area contributed by atoms with Gasteiger partial charge in [-0.05, 0) is 23.3 Å². The van der Waals surface area contributed by atoms with Crippen molar-refractivity contribution in [2.24, 2.45) is 0 Å².